The Bertz CT molecular complexity index is 658. The molecule has 2 N–H and O–H groups in total. The van der Waals surface area contributed by atoms with Crippen LogP contribution < -0.4 is 4.72 Å². The van der Waals surface area contributed by atoms with E-state index in [2.05, 4.69) is 14.4 Å². The largest absolute Gasteiger partial charge is 0.387 e. The fourth-order valence-corrected chi connectivity index (χ4v) is 2.67. The lowest BCUT2D eigenvalue weighted by Crippen LogP contribution is -2.30. The number of nitrogens with one attached hydrogen (secondary N) is 1. The van der Waals surface area contributed by atoms with E-state index >= 15 is 0 Å². The fraction of sp³-hybridized carbons (Fsp3) is 0.250. The van der Waals surface area contributed by atoms with E-state index < -0.39 is 21.9 Å². The van der Waals surface area contributed by atoms with Crippen molar-refractivity contribution in [3.05, 3.63) is 53.7 Å². The van der Waals surface area contributed by atoms with Crippen molar-refractivity contribution in [2.75, 3.05) is 6.54 Å². The van der Waals surface area contributed by atoms with Crippen molar-refractivity contribution >= 4 is 10.0 Å². The maximum Gasteiger partial charge on any atom is 0.217 e. The highest BCUT2D eigenvalue weighted by Crippen LogP contribution is 2.16. The second-order valence-electron chi connectivity index (χ2n) is 4.14. The van der Waals surface area contributed by atoms with Crippen LogP contribution in [0.5, 0.6) is 0 Å². The lowest BCUT2D eigenvalue weighted by atomic mass is 10.1. The van der Waals surface area contributed by atoms with Gasteiger partial charge in [-0.15, -0.1) is 0 Å². The number of aliphatic hydroxyl groups is 1. The molecule has 108 valence electrons. The van der Waals surface area contributed by atoms with Crippen molar-refractivity contribution < 1.29 is 22.4 Å². The van der Waals surface area contributed by atoms with Crippen molar-refractivity contribution in [2.24, 2.45) is 0 Å². The minimum absolute atomic E-state index is 0.0386. The van der Waals surface area contributed by atoms with Crippen molar-refractivity contribution in [1.29, 1.82) is 0 Å². The molecule has 0 aliphatic carbocycles. The first kappa shape index (κ1) is 14.6. The number of nitrogens with zero attached hydrogens (tertiary/aromatic N) is 1. The van der Waals surface area contributed by atoms with Crippen molar-refractivity contribution in [1.82, 2.24) is 9.88 Å². The normalized spacial score (nSPS) is 13.3. The molecular formula is C12H13FN2O4S. The van der Waals surface area contributed by atoms with Gasteiger partial charge in [0.2, 0.25) is 10.0 Å². The number of aliphatic hydroxyl groups excluding tert-OH is 1. The summed E-state index contributed by atoms with van der Waals surface area (Å²) in [5.41, 5.74) is 0.287. The number of halogens is 1. The molecule has 2 rings (SSSR count). The Morgan fingerprint density at radius 1 is 1.35 bits per heavy atom. The summed E-state index contributed by atoms with van der Waals surface area (Å²) in [5.74, 6) is -0.955. The summed E-state index contributed by atoms with van der Waals surface area (Å²) in [6.45, 7) is -0.318. The molecule has 0 bridgehead atoms. The van der Waals surface area contributed by atoms with Crippen LogP contribution in [0.3, 0.4) is 0 Å². The van der Waals surface area contributed by atoms with Crippen LogP contribution in [0.4, 0.5) is 4.39 Å². The van der Waals surface area contributed by atoms with Gasteiger partial charge in [0.1, 0.15) is 17.8 Å². The molecule has 0 aliphatic heterocycles. The SMILES string of the molecule is O=S(=O)(Cc1ccon1)NCC(O)c1ccccc1F. The molecular weight excluding hydrogens is 287 g/mol. The third-order valence-electron chi connectivity index (χ3n) is 2.59. The molecule has 0 amide bonds. The van der Waals surface area contributed by atoms with E-state index in [1.807, 2.05) is 0 Å². The maximum atomic E-state index is 13.4. The van der Waals surface area contributed by atoms with Crippen LogP contribution in [0.1, 0.15) is 17.4 Å². The first-order valence-electron chi connectivity index (χ1n) is 5.77. The average molecular weight is 300 g/mol. The van der Waals surface area contributed by atoms with Crippen molar-refractivity contribution in [3.8, 4) is 0 Å². The average Bonchev–Trinajstić information content (AvgIpc) is 2.89. The van der Waals surface area contributed by atoms with Crippen LogP contribution in [0.25, 0.3) is 0 Å². The summed E-state index contributed by atoms with van der Waals surface area (Å²) in [5, 5.41) is 13.3. The van der Waals surface area contributed by atoms with E-state index in [-0.39, 0.29) is 23.6 Å². The molecule has 1 aromatic carbocycles. The topological polar surface area (TPSA) is 92.4 Å². The Morgan fingerprint density at radius 2 is 2.10 bits per heavy atom. The third kappa shape index (κ3) is 3.86. The summed E-state index contributed by atoms with van der Waals surface area (Å²) in [6.07, 6.45) is 0.00209. The van der Waals surface area contributed by atoms with Crippen molar-refractivity contribution in [3.63, 3.8) is 0 Å². The van der Waals surface area contributed by atoms with Gasteiger partial charge in [0.05, 0.1) is 11.8 Å². The summed E-state index contributed by atoms with van der Waals surface area (Å²) < 4.78 is 43.6. The van der Waals surface area contributed by atoms with Gasteiger partial charge in [-0.2, -0.15) is 0 Å². The van der Waals surface area contributed by atoms with E-state index in [0.29, 0.717) is 0 Å². The standard InChI is InChI=1S/C12H13FN2O4S/c13-11-4-2-1-3-10(11)12(16)7-14-20(17,18)8-9-5-6-19-15-9/h1-6,12,14,16H,7-8H2. The third-order valence-corrected chi connectivity index (χ3v) is 3.87. The van der Waals surface area contributed by atoms with Gasteiger partial charge in [0, 0.05) is 18.2 Å². The Morgan fingerprint density at radius 3 is 2.75 bits per heavy atom. The summed E-state index contributed by atoms with van der Waals surface area (Å²) in [6, 6.07) is 7.06. The van der Waals surface area contributed by atoms with E-state index in [4.69, 9.17) is 0 Å². The van der Waals surface area contributed by atoms with Crippen LogP contribution in [0.15, 0.2) is 41.1 Å². The highest BCUT2D eigenvalue weighted by atomic mass is 32.2. The molecule has 0 saturated carbocycles. The minimum Gasteiger partial charge on any atom is -0.387 e. The Labute approximate surface area is 115 Å². The molecule has 0 spiro atoms. The van der Waals surface area contributed by atoms with Gasteiger partial charge in [-0.25, -0.2) is 17.5 Å². The molecule has 0 radical (unpaired) electrons. The second-order valence-corrected chi connectivity index (χ2v) is 5.94. The summed E-state index contributed by atoms with van der Waals surface area (Å²) in [7, 11) is -3.68. The van der Waals surface area contributed by atoms with E-state index in [1.165, 1.54) is 30.5 Å². The van der Waals surface area contributed by atoms with Gasteiger partial charge in [-0.05, 0) is 6.07 Å². The first-order chi connectivity index (χ1) is 9.48. The zero-order valence-electron chi connectivity index (χ0n) is 10.4. The molecule has 1 aromatic heterocycles. The smallest absolute Gasteiger partial charge is 0.217 e. The number of benzene rings is 1. The van der Waals surface area contributed by atoms with E-state index in [1.54, 1.807) is 6.07 Å². The molecule has 2 aromatic rings. The Hall–Kier alpha value is -1.77. The van der Waals surface area contributed by atoms with Crippen LogP contribution in [-0.2, 0) is 15.8 Å². The molecule has 20 heavy (non-hydrogen) atoms. The molecule has 1 unspecified atom stereocenters. The lowest BCUT2D eigenvalue weighted by Gasteiger charge is -2.12. The first-order valence-corrected chi connectivity index (χ1v) is 7.42. The number of aromatic nitrogens is 1. The van der Waals surface area contributed by atoms with Gasteiger partial charge in [0.15, 0.2) is 0 Å². The monoisotopic (exact) mass is 300 g/mol. The Balaban J connectivity index is 1.96. The number of hydrogen-bond donors (Lipinski definition) is 2. The molecule has 0 aliphatic rings. The Kier molecular flexibility index (Phi) is 4.48. The molecule has 1 atom stereocenters. The van der Waals surface area contributed by atoms with Gasteiger partial charge in [0.25, 0.3) is 0 Å². The van der Waals surface area contributed by atoms with Crippen LogP contribution in [0, 0.1) is 5.82 Å². The van der Waals surface area contributed by atoms with Gasteiger partial charge < -0.3 is 9.63 Å². The molecule has 1 heterocycles. The van der Waals surface area contributed by atoms with Gasteiger partial charge in [-0.1, -0.05) is 23.4 Å². The second kappa shape index (κ2) is 6.12. The zero-order valence-corrected chi connectivity index (χ0v) is 11.2. The molecule has 8 heteroatoms. The van der Waals surface area contributed by atoms with E-state index in [9.17, 15) is 17.9 Å². The van der Waals surface area contributed by atoms with Crippen LogP contribution in [-0.4, -0.2) is 25.2 Å². The number of sulfonamides is 1. The van der Waals surface area contributed by atoms with E-state index in [0.717, 1.165) is 0 Å². The summed E-state index contributed by atoms with van der Waals surface area (Å²) >= 11 is 0. The molecule has 0 saturated heterocycles. The minimum atomic E-state index is -3.68. The zero-order chi connectivity index (χ0) is 14.6. The van der Waals surface area contributed by atoms with Crippen LogP contribution >= 0.6 is 0 Å². The van der Waals surface area contributed by atoms with Crippen LogP contribution in [0.2, 0.25) is 0 Å². The predicted molar refractivity (Wildman–Crippen MR) is 68.5 cm³/mol. The lowest BCUT2D eigenvalue weighted by molar-refractivity contribution is 0.177. The molecule has 0 fully saturated rings. The van der Waals surface area contributed by atoms with Gasteiger partial charge >= 0.3 is 0 Å². The highest BCUT2D eigenvalue weighted by Gasteiger charge is 2.18. The fourth-order valence-electron chi connectivity index (χ4n) is 1.62. The highest BCUT2D eigenvalue weighted by molar-refractivity contribution is 7.88. The maximum absolute atomic E-state index is 13.4. The summed E-state index contributed by atoms with van der Waals surface area (Å²) in [4.78, 5) is 0. The van der Waals surface area contributed by atoms with Gasteiger partial charge in [-0.3, -0.25) is 0 Å². The quantitative estimate of drug-likeness (QED) is 0.829. The number of hydrogen-bond acceptors (Lipinski definition) is 5. The predicted octanol–water partition coefficient (Wildman–Crippen LogP) is 0.967. The van der Waals surface area contributed by atoms with Crippen molar-refractivity contribution in [2.45, 2.75) is 11.9 Å². The molecule has 6 nitrogen and oxygen atoms in total. The number of rotatable bonds is 6.